The molecule has 0 amide bonds. The van der Waals surface area contributed by atoms with Crippen molar-refractivity contribution in [1.29, 1.82) is 0 Å². The van der Waals surface area contributed by atoms with Crippen LogP contribution in [0.2, 0.25) is 0 Å². The fourth-order valence-corrected chi connectivity index (χ4v) is 6.87. The van der Waals surface area contributed by atoms with E-state index in [9.17, 15) is 0 Å². The highest BCUT2D eigenvalue weighted by Gasteiger charge is 2.20. The molecule has 3 nitrogen and oxygen atoms in total. The standard InChI is InChI=1S/C44H39N3/c1-4-6-22-42-45-43(47-44(46-42)33-15-8-7-9-16-33)26-25-37-30(3)27-36(28-31(37)5-2)39-19-13-20-40-38(18-12-21-41(39)40)35-24-23-32-14-10-11-17-34(32)29-35/h4,6-10,13-16,18-20,22-29H,1,5,11-12,17,21H2,2-3H3/b22-6+,26-25+. The molecule has 7 rings (SSSR count). The predicted molar refractivity (Wildman–Crippen MR) is 199 cm³/mol. The van der Waals surface area contributed by atoms with E-state index in [1.807, 2.05) is 48.6 Å². The Bertz CT molecular complexity index is 2090. The fraction of sp³-hybridized carbons (Fsp3) is 0.159. The van der Waals surface area contributed by atoms with Crippen molar-refractivity contribution in [2.45, 2.75) is 46.0 Å². The van der Waals surface area contributed by atoms with Gasteiger partial charge in [0.15, 0.2) is 17.5 Å². The van der Waals surface area contributed by atoms with Crippen LogP contribution in [-0.4, -0.2) is 15.0 Å². The zero-order valence-corrected chi connectivity index (χ0v) is 27.2. The minimum Gasteiger partial charge on any atom is -0.209 e. The van der Waals surface area contributed by atoms with Gasteiger partial charge in [-0.05, 0) is 112 Å². The van der Waals surface area contributed by atoms with E-state index in [1.165, 1.54) is 61.2 Å². The van der Waals surface area contributed by atoms with Crippen molar-refractivity contribution in [3.05, 3.63) is 166 Å². The number of benzene rings is 4. The number of allylic oxidation sites excluding steroid dienone is 4. The Hall–Kier alpha value is -5.41. The highest BCUT2D eigenvalue weighted by molar-refractivity contribution is 5.88. The molecule has 0 atom stereocenters. The first-order chi connectivity index (χ1) is 23.1. The predicted octanol–water partition coefficient (Wildman–Crippen LogP) is 10.8. The number of hydrogen-bond acceptors (Lipinski definition) is 3. The molecule has 4 aromatic carbocycles. The molecule has 47 heavy (non-hydrogen) atoms. The van der Waals surface area contributed by atoms with Gasteiger partial charge < -0.3 is 0 Å². The third-order valence-corrected chi connectivity index (χ3v) is 9.19. The van der Waals surface area contributed by atoms with E-state index in [0.29, 0.717) is 17.5 Å². The molecule has 0 bridgehead atoms. The van der Waals surface area contributed by atoms with Crippen LogP contribution in [0.3, 0.4) is 0 Å². The largest absolute Gasteiger partial charge is 0.209 e. The van der Waals surface area contributed by atoms with Gasteiger partial charge in [0.05, 0.1) is 0 Å². The number of aryl methyl sites for hydroxylation is 3. The van der Waals surface area contributed by atoms with Crippen LogP contribution in [0.15, 0.2) is 110 Å². The second-order valence-electron chi connectivity index (χ2n) is 12.2. The molecule has 230 valence electrons. The molecular formula is C44H39N3. The zero-order valence-electron chi connectivity index (χ0n) is 27.2. The summed E-state index contributed by atoms with van der Waals surface area (Å²) in [6, 6.07) is 28.6. The maximum Gasteiger partial charge on any atom is 0.164 e. The summed E-state index contributed by atoms with van der Waals surface area (Å²) in [5, 5.41) is 0. The monoisotopic (exact) mass is 609 g/mol. The Morgan fingerprint density at radius 3 is 2.40 bits per heavy atom. The van der Waals surface area contributed by atoms with Crippen LogP contribution >= 0.6 is 0 Å². The second-order valence-corrected chi connectivity index (χ2v) is 12.2. The Morgan fingerprint density at radius 2 is 1.57 bits per heavy atom. The summed E-state index contributed by atoms with van der Waals surface area (Å²) in [6.45, 7) is 8.24. The van der Waals surface area contributed by atoms with Crippen LogP contribution in [0.4, 0.5) is 0 Å². The normalized spacial score (nSPS) is 13.9. The van der Waals surface area contributed by atoms with Gasteiger partial charge in [-0.25, -0.2) is 15.0 Å². The first-order valence-electron chi connectivity index (χ1n) is 16.7. The fourth-order valence-electron chi connectivity index (χ4n) is 6.87. The van der Waals surface area contributed by atoms with Gasteiger partial charge in [0.1, 0.15) is 0 Å². The number of nitrogens with zero attached hydrogens (tertiary/aromatic N) is 3. The van der Waals surface area contributed by atoms with Crippen molar-refractivity contribution in [1.82, 2.24) is 15.0 Å². The van der Waals surface area contributed by atoms with Crippen molar-refractivity contribution in [2.24, 2.45) is 0 Å². The molecule has 0 N–H and O–H groups in total. The van der Waals surface area contributed by atoms with Gasteiger partial charge in [-0.2, -0.15) is 0 Å². The summed E-state index contributed by atoms with van der Waals surface area (Å²) in [7, 11) is 0. The molecule has 0 saturated heterocycles. The zero-order chi connectivity index (χ0) is 32.2. The molecule has 0 unspecified atom stereocenters. The Kier molecular flexibility index (Phi) is 8.70. The summed E-state index contributed by atoms with van der Waals surface area (Å²) >= 11 is 0. The summed E-state index contributed by atoms with van der Waals surface area (Å²) in [4.78, 5) is 14.2. The maximum atomic E-state index is 4.80. The van der Waals surface area contributed by atoms with Crippen molar-refractivity contribution in [2.75, 3.05) is 0 Å². The molecule has 0 saturated carbocycles. The average molecular weight is 610 g/mol. The van der Waals surface area contributed by atoms with Crippen LogP contribution in [0.5, 0.6) is 0 Å². The molecule has 0 fully saturated rings. The second kappa shape index (κ2) is 13.5. The number of rotatable bonds is 8. The van der Waals surface area contributed by atoms with Crippen molar-refractivity contribution in [3.8, 4) is 22.5 Å². The smallest absolute Gasteiger partial charge is 0.164 e. The van der Waals surface area contributed by atoms with Gasteiger partial charge in [-0.1, -0.05) is 129 Å². The van der Waals surface area contributed by atoms with Crippen molar-refractivity contribution in [3.63, 3.8) is 0 Å². The summed E-state index contributed by atoms with van der Waals surface area (Å²) in [5.74, 6) is 1.89. The van der Waals surface area contributed by atoms with Crippen LogP contribution in [0, 0.1) is 6.92 Å². The summed E-state index contributed by atoms with van der Waals surface area (Å²) in [6.07, 6.45) is 21.9. The molecule has 2 aliphatic carbocycles. The summed E-state index contributed by atoms with van der Waals surface area (Å²) < 4.78 is 0. The molecule has 0 spiro atoms. The lowest BCUT2D eigenvalue weighted by atomic mass is 9.81. The van der Waals surface area contributed by atoms with Gasteiger partial charge in [0.25, 0.3) is 0 Å². The number of fused-ring (bicyclic) bond motifs is 2. The molecule has 5 aromatic rings. The van der Waals surface area contributed by atoms with Crippen LogP contribution in [-0.2, 0) is 19.3 Å². The first-order valence-corrected chi connectivity index (χ1v) is 16.7. The van der Waals surface area contributed by atoms with Crippen LogP contribution in [0.1, 0.15) is 75.9 Å². The van der Waals surface area contributed by atoms with Crippen molar-refractivity contribution >= 4 is 29.9 Å². The molecule has 1 heterocycles. The first kappa shape index (κ1) is 30.3. The lowest BCUT2D eigenvalue weighted by molar-refractivity contribution is 0.973. The van der Waals surface area contributed by atoms with E-state index >= 15 is 0 Å². The minimum absolute atomic E-state index is 0.607. The third-order valence-electron chi connectivity index (χ3n) is 9.19. The molecule has 0 radical (unpaired) electrons. The van der Waals surface area contributed by atoms with Crippen molar-refractivity contribution < 1.29 is 0 Å². The van der Waals surface area contributed by atoms with E-state index in [0.717, 1.165) is 37.7 Å². The average Bonchev–Trinajstić information content (AvgIpc) is 3.12. The molecular weight excluding hydrogens is 571 g/mol. The summed E-state index contributed by atoms with van der Waals surface area (Å²) in [5.41, 5.74) is 15.7. The highest BCUT2D eigenvalue weighted by Crippen LogP contribution is 2.39. The van der Waals surface area contributed by atoms with E-state index in [-0.39, 0.29) is 0 Å². The Balaban J connectivity index is 1.23. The van der Waals surface area contributed by atoms with E-state index < -0.39 is 0 Å². The molecule has 0 aliphatic heterocycles. The number of hydrogen-bond donors (Lipinski definition) is 0. The Labute approximate surface area is 278 Å². The number of aromatic nitrogens is 3. The van der Waals surface area contributed by atoms with Gasteiger partial charge in [-0.15, -0.1) is 0 Å². The Morgan fingerprint density at radius 1 is 0.745 bits per heavy atom. The maximum absolute atomic E-state index is 4.80. The quantitative estimate of drug-likeness (QED) is 0.164. The van der Waals surface area contributed by atoms with Gasteiger partial charge in [0.2, 0.25) is 0 Å². The highest BCUT2D eigenvalue weighted by atomic mass is 15.0. The van der Waals surface area contributed by atoms with Gasteiger partial charge in [-0.3, -0.25) is 0 Å². The molecule has 2 aliphatic rings. The third kappa shape index (κ3) is 6.35. The topological polar surface area (TPSA) is 38.7 Å². The molecule has 3 heteroatoms. The van der Waals surface area contributed by atoms with E-state index in [4.69, 9.17) is 9.97 Å². The van der Waals surface area contributed by atoms with Gasteiger partial charge in [0, 0.05) is 5.56 Å². The van der Waals surface area contributed by atoms with Crippen LogP contribution in [0.25, 0.3) is 52.4 Å². The molecule has 1 aromatic heterocycles. The van der Waals surface area contributed by atoms with E-state index in [2.05, 4.69) is 98.2 Å². The van der Waals surface area contributed by atoms with E-state index in [1.54, 1.807) is 6.08 Å². The lowest BCUT2D eigenvalue weighted by Crippen LogP contribution is -2.05. The van der Waals surface area contributed by atoms with Crippen LogP contribution < -0.4 is 0 Å². The minimum atomic E-state index is 0.607. The lowest BCUT2D eigenvalue weighted by Gasteiger charge is -2.23. The van der Waals surface area contributed by atoms with Gasteiger partial charge >= 0.3 is 0 Å². The SMILES string of the molecule is C=C/C=C/c1nc(/C=C/c2c(C)cc(-c3cccc4c3CCC=C4c3ccc4c(c3)CCC=C4)cc2CC)nc(-c2ccccc2)n1.